The Labute approximate surface area is 136 Å². The van der Waals surface area contributed by atoms with Gasteiger partial charge in [-0.3, -0.25) is 4.68 Å². The first-order valence-corrected chi connectivity index (χ1v) is 7.91. The molecular formula is C17H24FN5. The van der Waals surface area contributed by atoms with Crippen LogP contribution in [0.5, 0.6) is 0 Å². The molecule has 1 aromatic carbocycles. The minimum absolute atomic E-state index is 0.233. The third-order valence-electron chi connectivity index (χ3n) is 3.33. The van der Waals surface area contributed by atoms with Gasteiger partial charge in [0.15, 0.2) is 5.96 Å². The summed E-state index contributed by atoms with van der Waals surface area (Å²) in [6.45, 7) is 7.04. The van der Waals surface area contributed by atoms with Gasteiger partial charge in [-0.1, -0.05) is 19.1 Å². The Kier molecular flexibility index (Phi) is 6.59. The van der Waals surface area contributed by atoms with Crippen LogP contribution in [0.1, 0.15) is 19.4 Å². The lowest BCUT2D eigenvalue weighted by Crippen LogP contribution is -2.40. The van der Waals surface area contributed by atoms with Gasteiger partial charge in [0.05, 0.1) is 6.54 Å². The average Bonchev–Trinajstić information content (AvgIpc) is 3.03. The Balaban J connectivity index is 1.86. The molecular weight excluding hydrogens is 293 g/mol. The first kappa shape index (κ1) is 17.0. The maximum absolute atomic E-state index is 13.2. The summed E-state index contributed by atoms with van der Waals surface area (Å²) in [7, 11) is 0. The summed E-state index contributed by atoms with van der Waals surface area (Å²) >= 11 is 0. The second-order valence-corrected chi connectivity index (χ2v) is 5.54. The van der Waals surface area contributed by atoms with E-state index in [4.69, 9.17) is 0 Å². The molecule has 0 radical (unpaired) electrons. The molecule has 0 saturated heterocycles. The van der Waals surface area contributed by atoms with Gasteiger partial charge >= 0.3 is 0 Å². The van der Waals surface area contributed by atoms with Gasteiger partial charge in [-0.15, -0.1) is 0 Å². The van der Waals surface area contributed by atoms with Crippen molar-refractivity contribution in [1.82, 2.24) is 20.4 Å². The first-order valence-electron chi connectivity index (χ1n) is 7.91. The van der Waals surface area contributed by atoms with Crippen LogP contribution >= 0.6 is 0 Å². The van der Waals surface area contributed by atoms with Crippen molar-refractivity contribution in [1.29, 1.82) is 0 Å². The minimum Gasteiger partial charge on any atom is -0.357 e. The van der Waals surface area contributed by atoms with Gasteiger partial charge < -0.3 is 10.6 Å². The van der Waals surface area contributed by atoms with E-state index < -0.39 is 0 Å². The molecule has 6 heteroatoms. The predicted molar refractivity (Wildman–Crippen MR) is 90.6 cm³/mol. The number of halogens is 1. The van der Waals surface area contributed by atoms with E-state index in [1.54, 1.807) is 12.3 Å². The number of hydrogen-bond acceptors (Lipinski definition) is 2. The maximum Gasteiger partial charge on any atom is 0.191 e. The van der Waals surface area contributed by atoms with Gasteiger partial charge in [0, 0.05) is 32.0 Å². The second-order valence-electron chi connectivity index (χ2n) is 5.54. The number of aliphatic imine (C=N–C) groups is 1. The maximum atomic E-state index is 13.2. The topological polar surface area (TPSA) is 54.2 Å². The third-order valence-corrected chi connectivity index (χ3v) is 3.33. The van der Waals surface area contributed by atoms with Crippen LogP contribution in [0.3, 0.4) is 0 Å². The highest BCUT2D eigenvalue weighted by Gasteiger charge is 2.05. The molecule has 124 valence electrons. The van der Waals surface area contributed by atoms with E-state index in [2.05, 4.69) is 27.6 Å². The Morgan fingerprint density at radius 1 is 1.35 bits per heavy atom. The van der Waals surface area contributed by atoms with Crippen molar-refractivity contribution in [3.05, 3.63) is 54.1 Å². The predicted octanol–water partition coefficient (Wildman–Crippen LogP) is 2.41. The number of nitrogens with one attached hydrogen (secondary N) is 2. The van der Waals surface area contributed by atoms with Crippen molar-refractivity contribution >= 4 is 5.96 Å². The zero-order valence-corrected chi connectivity index (χ0v) is 13.7. The number of hydrogen-bond donors (Lipinski definition) is 2. The normalized spacial score (nSPS) is 12.9. The van der Waals surface area contributed by atoms with E-state index >= 15 is 0 Å². The van der Waals surface area contributed by atoms with Crippen LogP contribution in [0, 0.1) is 11.7 Å². The molecule has 23 heavy (non-hydrogen) atoms. The standard InChI is InChI=1S/C17H24FN5/c1-3-19-17(21-12-15-6-4-7-16(18)10-15)20-11-14(2)13-23-9-5-8-22-23/h4-10,14H,3,11-13H2,1-2H3,(H2,19,20,21). The number of guanidine groups is 1. The zero-order valence-electron chi connectivity index (χ0n) is 13.7. The zero-order chi connectivity index (χ0) is 16.5. The third kappa shape index (κ3) is 6.10. The van der Waals surface area contributed by atoms with E-state index in [1.165, 1.54) is 12.1 Å². The number of rotatable bonds is 7. The van der Waals surface area contributed by atoms with Gasteiger partial charge in [-0.25, -0.2) is 9.38 Å². The summed E-state index contributed by atoms with van der Waals surface area (Å²) in [5.41, 5.74) is 0.854. The van der Waals surface area contributed by atoms with E-state index in [9.17, 15) is 4.39 Å². The highest BCUT2D eigenvalue weighted by molar-refractivity contribution is 5.79. The van der Waals surface area contributed by atoms with Crippen LogP contribution in [0.4, 0.5) is 4.39 Å². The Bertz CT molecular complexity index is 609. The molecule has 2 rings (SSSR count). The van der Waals surface area contributed by atoms with Crippen molar-refractivity contribution in [2.45, 2.75) is 26.9 Å². The van der Waals surface area contributed by atoms with Crippen molar-refractivity contribution in [3.63, 3.8) is 0 Å². The van der Waals surface area contributed by atoms with E-state index in [0.29, 0.717) is 12.5 Å². The summed E-state index contributed by atoms with van der Waals surface area (Å²) in [4.78, 5) is 4.50. The molecule has 0 aliphatic carbocycles. The molecule has 0 aliphatic rings. The van der Waals surface area contributed by atoms with Crippen molar-refractivity contribution in [2.24, 2.45) is 10.9 Å². The van der Waals surface area contributed by atoms with Gasteiger partial charge in [0.25, 0.3) is 0 Å². The highest BCUT2D eigenvalue weighted by atomic mass is 19.1. The molecule has 0 fully saturated rings. The first-order chi connectivity index (χ1) is 11.2. The van der Waals surface area contributed by atoms with Gasteiger partial charge in [-0.2, -0.15) is 5.10 Å². The molecule has 5 nitrogen and oxygen atoms in total. The molecule has 0 saturated carbocycles. The van der Waals surface area contributed by atoms with Crippen LogP contribution in [-0.4, -0.2) is 28.8 Å². The quantitative estimate of drug-likeness (QED) is 0.609. The molecule has 1 unspecified atom stereocenters. The lowest BCUT2D eigenvalue weighted by atomic mass is 10.2. The van der Waals surface area contributed by atoms with Crippen LogP contribution in [0.25, 0.3) is 0 Å². The summed E-state index contributed by atoms with van der Waals surface area (Å²) in [5, 5.41) is 10.7. The molecule has 2 N–H and O–H groups in total. The molecule has 1 atom stereocenters. The smallest absolute Gasteiger partial charge is 0.191 e. The van der Waals surface area contributed by atoms with Crippen LogP contribution in [0.15, 0.2) is 47.7 Å². The van der Waals surface area contributed by atoms with Crippen molar-refractivity contribution in [2.75, 3.05) is 13.1 Å². The number of aromatic nitrogens is 2. The van der Waals surface area contributed by atoms with Gasteiger partial charge in [0.2, 0.25) is 0 Å². The van der Waals surface area contributed by atoms with Gasteiger partial charge in [0.1, 0.15) is 5.82 Å². The molecule has 0 bridgehead atoms. The van der Waals surface area contributed by atoms with Crippen LogP contribution in [0.2, 0.25) is 0 Å². The average molecular weight is 317 g/mol. The second kappa shape index (κ2) is 8.92. The monoisotopic (exact) mass is 317 g/mol. The number of nitrogens with zero attached hydrogens (tertiary/aromatic N) is 3. The SMILES string of the molecule is CCNC(=NCc1cccc(F)c1)NCC(C)Cn1cccn1. The summed E-state index contributed by atoms with van der Waals surface area (Å²) in [5.74, 6) is 0.917. The molecule has 0 spiro atoms. The fraction of sp³-hybridized carbons (Fsp3) is 0.412. The Morgan fingerprint density at radius 3 is 2.91 bits per heavy atom. The summed E-state index contributed by atoms with van der Waals surface area (Å²) in [6.07, 6.45) is 3.74. The molecule has 0 aliphatic heterocycles. The summed E-state index contributed by atoms with van der Waals surface area (Å²) in [6, 6.07) is 8.44. The van der Waals surface area contributed by atoms with Crippen molar-refractivity contribution < 1.29 is 4.39 Å². The number of benzene rings is 1. The lowest BCUT2D eigenvalue weighted by molar-refractivity contribution is 0.443. The largest absolute Gasteiger partial charge is 0.357 e. The Hall–Kier alpha value is -2.37. The highest BCUT2D eigenvalue weighted by Crippen LogP contribution is 2.04. The van der Waals surface area contributed by atoms with Gasteiger partial charge in [-0.05, 0) is 36.6 Å². The van der Waals surface area contributed by atoms with E-state index in [0.717, 1.165) is 31.2 Å². The van der Waals surface area contributed by atoms with E-state index in [1.807, 2.05) is 29.9 Å². The molecule has 2 aromatic rings. The molecule has 1 heterocycles. The van der Waals surface area contributed by atoms with E-state index in [-0.39, 0.29) is 5.82 Å². The van der Waals surface area contributed by atoms with Crippen LogP contribution in [-0.2, 0) is 13.1 Å². The fourth-order valence-electron chi connectivity index (χ4n) is 2.21. The van der Waals surface area contributed by atoms with Crippen LogP contribution < -0.4 is 10.6 Å². The lowest BCUT2D eigenvalue weighted by Gasteiger charge is -2.16. The fourth-order valence-corrected chi connectivity index (χ4v) is 2.21. The van der Waals surface area contributed by atoms with Crippen molar-refractivity contribution in [3.8, 4) is 0 Å². The molecule has 1 aromatic heterocycles. The minimum atomic E-state index is -0.233. The molecule has 0 amide bonds. The summed E-state index contributed by atoms with van der Waals surface area (Å²) < 4.78 is 15.1. The Morgan fingerprint density at radius 2 is 2.22 bits per heavy atom.